The molecule has 0 aromatic heterocycles. The molecular weight excluding hydrogens is 331 g/mol. The number of rotatable bonds is 3. The van der Waals surface area contributed by atoms with E-state index in [9.17, 15) is 21.6 Å². The van der Waals surface area contributed by atoms with E-state index in [0.29, 0.717) is 11.8 Å². The predicted octanol–water partition coefficient (Wildman–Crippen LogP) is 1.54. The normalized spacial score (nSPS) is 22.5. The number of sulfone groups is 1. The van der Waals surface area contributed by atoms with E-state index in [4.69, 9.17) is 11.5 Å². The van der Waals surface area contributed by atoms with Gasteiger partial charge in [0.05, 0.1) is 16.0 Å². The number of hydrogen-bond donors (Lipinski definition) is 2. The number of aliphatic imine (C=N–C) groups is 1. The molecule has 1 aromatic carbocycles. The van der Waals surface area contributed by atoms with Crippen LogP contribution in [0.3, 0.4) is 0 Å². The van der Waals surface area contributed by atoms with Gasteiger partial charge in [0.25, 0.3) is 0 Å². The minimum absolute atomic E-state index is 0.000215. The summed E-state index contributed by atoms with van der Waals surface area (Å²) in [6, 6.07) is 5.69. The molecule has 1 aliphatic heterocycles. The molecule has 0 radical (unpaired) electrons. The first kappa shape index (κ1) is 17.5. The predicted molar refractivity (Wildman–Crippen MR) is 80.6 cm³/mol. The summed E-state index contributed by atoms with van der Waals surface area (Å²) >= 11 is 0. The van der Waals surface area contributed by atoms with Crippen LogP contribution in [-0.2, 0) is 16.3 Å². The molecule has 5 nitrogen and oxygen atoms in total. The van der Waals surface area contributed by atoms with Gasteiger partial charge < -0.3 is 11.5 Å². The Bertz CT molecular complexity index is 785. The zero-order valence-corrected chi connectivity index (χ0v) is 13.1. The summed E-state index contributed by atoms with van der Waals surface area (Å²) in [5, 5.41) is 0. The molecule has 0 fully saturated rings. The summed E-state index contributed by atoms with van der Waals surface area (Å²) in [4.78, 5) is 3.53. The smallest absolute Gasteiger partial charge is 0.387 e. The topological polar surface area (TPSA) is 98.5 Å². The lowest BCUT2D eigenvalue weighted by Crippen LogP contribution is -2.52. The molecule has 0 saturated heterocycles. The minimum atomic E-state index is -4.65. The van der Waals surface area contributed by atoms with Gasteiger partial charge in [-0.25, -0.2) is 13.4 Å². The molecule has 1 unspecified atom stereocenters. The van der Waals surface area contributed by atoms with Gasteiger partial charge in [-0.05, 0) is 24.1 Å². The average Bonchev–Trinajstić information content (AvgIpc) is 2.35. The van der Waals surface area contributed by atoms with Crippen molar-refractivity contribution < 1.29 is 21.6 Å². The van der Waals surface area contributed by atoms with Crippen LogP contribution in [0.4, 0.5) is 13.2 Å². The molecule has 4 N–H and O–H groups in total. The fourth-order valence-corrected chi connectivity index (χ4v) is 3.19. The molecular formula is C14H16F3N3O2S. The van der Waals surface area contributed by atoms with Crippen LogP contribution < -0.4 is 11.5 Å². The van der Waals surface area contributed by atoms with Crippen molar-refractivity contribution in [2.75, 3.05) is 6.26 Å². The van der Waals surface area contributed by atoms with Crippen molar-refractivity contribution in [2.45, 2.75) is 29.5 Å². The number of nitrogens with zero attached hydrogens (tertiary/aromatic N) is 1. The second kappa shape index (κ2) is 5.64. The molecule has 0 bridgehead atoms. The van der Waals surface area contributed by atoms with Crippen molar-refractivity contribution in [3.63, 3.8) is 0 Å². The molecule has 1 aliphatic rings. The van der Waals surface area contributed by atoms with Crippen LogP contribution >= 0.6 is 0 Å². The van der Waals surface area contributed by atoms with E-state index in [-0.39, 0.29) is 23.6 Å². The summed E-state index contributed by atoms with van der Waals surface area (Å²) in [5.74, 6) is -0.000215. The van der Waals surface area contributed by atoms with Gasteiger partial charge in [-0.15, -0.1) is 0 Å². The first-order valence-electron chi connectivity index (χ1n) is 6.60. The van der Waals surface area contributed by atoms with Gasteiger partial charge in [-0.3, -0.25) is 0 Å². The quantitative estimate of drug-likeness (QED) is 0.866. The van der Waals surface area contributed by atoms with Gasteiger partial charge in [0.2, 0.25) is 0 Å². The van der Waals surface area contributed by atoms with Gasteiger partial charge in [-0.1, -0.05) is 12.1 Å². The average molecular weight is 347 g/mol. The summed E-state index contributed by atoms with van der Waals surface area (Å²) in [6.07, 6.45) is -3.46. The number of halogens is 3. The molecule has 0 spiro atoms. The van der Waals surface area contributed by atoms with E-state index in [0.717, 1.165) is 6.26 Å². The number of benzene rings is 1. The van der Waals surface area contributed by atoms with Crippen molar-refractivity contribution in [3.8, 4) is 0 Å². The van der Waals surface area contributed by atoms with Crippen LogP contribution in [-0.4, -0.2) is 32.2 Å². The zero-order chi connectivity index (χ0) is 17.5. The van der Waals surface area contributed by atoms with Crippen molar-refractivity contribution in [1.82, 2.24) is 0 Å². The molecule has 0 saturated carbocycles. The molecule has 2 rings (SSSR count). The maximum absolute atomic E-state index is 13.2. The Balaban J connectivity index is 2.42. The third-order valence-corrected chi connectivity index (χ3v) is 4.65. The van der Waals surface area contributed by atoms with Crippen molar-refractivity contribution in [2.24, 2.45) is 16.5 Å². The van der Waals surface area contributed by atoms with E-state index < -0.39 is 27.1 Å². The first-order chi connectivity index (χ1) is 10.4. The summed E-state index contributed by atoms with van der Waals surface area (Å²) in [7, 11) is -3.46. The number of hydrogen-bond acceptors (Lipinski definition) is 5. The highest BCUT2D eigenvalue weighted by atomic mass is 32.2. The molecule has 1 aromatic rings. The lowest BCUT2D eigenvalue weighted by Gasteiger charge is -2.35. The van der Waals surface area contributed by atoms with Crippen molar-refractivity contribution >= 4 is 15.7 Å². The van der Waals surface area contributed by atoms with Crippen LogP contribution in [0.2, 0.25) is 0 Å². The van der Waals surface area contributed by atoms with Crippen molar-refractivity contribution in [3.05, 3.63) is 41.6 Å². The number of nitrogens with two attached hydrogens (primary N) is 2. The molecule has 126 valence electrons. The van der Waals surface area contributed by atoms with E-state index in [1.165, 1.54) is 24.3 Å². The second-order valence-electron chi connectivity index (χ2n) is 5.59. The Hall–Kier alpha value is -1.87. The third-order valence-electron chi connectivity index (χ3n) is 3.54. The third kappa shape index (κ3) is 3.91. The Morgan fingerprint density at radius 3 is 2.57 bits per heavy atom. The molecule has 23 heavy (non-hydrogen) atoms. The highest BCUT2D eigenvalue weighted by Crippen LogP contribution is 2.38. The van der Waals surface area contributed by atoms with Gasteiger partial charge in [0, 0.05) is 18.9 Å². The molecule has 0 amide bonds. The van der Waals surface area contributed by atoms with Crippen LogP contribution in [0.1, 0.15) is 12.0 Å². The number of alkyl halides is 3. The van der Waals surface area contributed by atoms with Gasteiger partial charge in [0.1, 0.15) is 5.84 Å². The first-order valence-corrected chi connectivity index (χ1v) is 8.49. The molecule has 1 atom stereocenters. The standard InChI is InChI=1S/C14H16F3N3O2S/c1-23(21,22)10-4-2-3-9(5-10)6-13(19)7-12(18)20-8-11(13)14(15,16)17/h2-5,8H,6-7,19H2,1H3,(H2,18,20). The fourth-order valence-electron chi connectivity index (χ4n) is 2.50. The van der Waals surface area contributed by atoms with Crippen LogP contribution in [0.25, 0.3) is 0 Å². The van der Waals surface area contributed by atoms with Gasteiger partial charge >= 0.3 is 6.18 Å². The highest BCUT2D eigenvalue weighted by molar-refractivity contribution is 7.90. The van der Waals surface area contributed by atoms with Crippen LogP contribution in [0, 0.1) is 0 Å². The summed E-state index contributed by atoms with van der Waals surface area (Å²) in [5.41, 5.74) is 9.10. The van der Waals surface area contributed by atoms with E-state index >= 15 is 0 Å². The van der Waals surface area contributed by atoms with Gasteiger partial charge in [-0.2, -0.15) is 13.2 Å². The van der Waals surface area contributed by atoms with Crippen LogP contribution in [0.15, 0.2) is 45.9 Å². The molecule has 0 aliphatic carbocycles. The lowest BCUT2D eigenvalue weighted by atomic mass is 9.80. The fraction of sp³-hybridized carbons (Fsp3) is 0.357. The van der Waals surface area contributed by atoms with E-state index in [2.05, 4.69) is 4.99 Å². The zero-order valence-electron chi connectivity index (χ0n) is 12.3. The Morgan fingerprint density at radius 2 is 2.00 bits per heavy atom. The summed E-state index contributed by atoms with van der Waals surface area (Å²) in [6.45, 7) is 0. The largest absolute Gasteiger partial charge is 0.415 e. The Labute approximate surface area is 131 Å². The van der Waals surface area contributed by atoms with Gasteiger partial charge in [0.15, 0.2) is 9.84 Å². The number of amidine groups is 1. The molecule has 1 heterocycles. The van der Waals surface area contributed by atoms with Crippen molar-refractivity contribution in [1.29, 1.82) is 0 Å². The molecule has 9 heteroatoms. The van der Waals surface area contributed by atoms with Crippen LogP contribution in [0.5, 0.6) is 0 Å². The maximum atomic E-state index is 13.2. The second-order valence-corrected chi connectivity index (χ2v) is 7.61. The highest BCUT2D eigenvalue weighted by Gasteiger charge is 2.48. The lowest BCUT2D eigenvalue weighted by molar-refractivity contribution is -0.101. The Morgan fingerprint density at radius 1 is 1.35 bits per heavy atom. The Kier molecular flexibility index (Phi) is 4.29. The summed E-state index contributed by atoms with van der Waals surface area (Å²) < 4.78 is 62.7. The minimum Gasteiger partial charge on any atom is -0.387 e. The van der Waals surface area contributed by atoms with E-state index in [1.807, 2.05) is 0 Å². The SMILES string of the molecule is CS(=O)(=O)c1cccc(CC2(N)CC(N)=NC=C2C(F)(F)F)c1. The van der Waals surface area contributed by atoms with E-state index in [1.54, 1.807) is 0 Å². The monoisotopic (exact) mass is 347 g/mol. The maximum Gasteiger partial charge on any atom is 0.415 e.